The van der Waals surface area contributed by atoms with Crippen molar-refractivity contribution in [3.63, 3.8) is 0 Å². The number of aliphatic imine (C=N–C) groups is 1. The van der Waals surface area contributed by atoms with Gasteiger partial charge in [0.05, 0.1) is 0 Å². The highest BCUT2D eigenvalue weighted by atomic mass is 127. The largest absolute Gasteiger partial charge is 0.444 e. The maximum Gasteiger partial charge on any atom is 0.410 e. The van der Waals surface area contributed by atoms with Crippen molar-refractivity contribution in [1.82, 2.24) is 20.4 Å². The van der Waals surface area contributed by atoms with E-state index >= 15 is 0 Å². The minimum Gasteiger partial charge on any atom is -0.444 e. The van der Waals surface area contributed by atoms with Crippen LogP contribution in [0, 0.1) is 0 Å². The number of carbonyl (C=O) groups is 1. The fourth-order valence-electron chi connectivity index (χ4n) is 2.72. The number of amides is 1. The van der Waals surface area contributed by atoms with Gasteiger partial charge in [0.15, 0.2) is 5.96 Å². The Hall–Kier alpha value is -1.55. The minimum atomic E-state index is -0.487. The molecule has 0 aliphatic heterocycles. The van der Waals surface area contributed by atoms with Gasteiger partial charge in [0.1, 0.15) is 5.60 Å². The number of halogens is 1. The first-order valence-electron chi connectivity index (χ1n) is 10.4. The second kappa shape index (κ2) is 14.5. The Morgan fingerprint density at radius 1 is 1.07 bits per heavy atom. The molecule has 0 aromatic heterocycles. The monoisotopic (exact) mass is 533 g/mol. The summed E-state index contributed by atoms with van der Waals surface area (Å²) in [7, 11) is 3.53. The van der Waals surface area contributed by atoms with Gasteiger partial charge in [-0.05, 0) is 45.0 Å². The smallest absolute Gasteiger partial charge is 0.410 e. The number of likely N-dealkylation sites (N-methyl/N-ethyl adjacent to an activating group) is 1. The summed E-state index contributed by atoms with van der Waals surface area (Å²) in [5.74, 6) is 0.797. The van der Waals surface area contributed by atoms with E-state index in [1.165, 1.54) is 0 Å². The molecule has 1 amide bonds. The van der Waals surface area contributed by atoms with E-state index < -0.39 is 5.60 Å². The van der Waals surface area contributed by atoms with Crippen molar-refractivity contribution < 1.29 is 9.53 Å². The van der Waals surface area contributed by atoms with Gasteiger partial charge in [-0.1, -0.05) is 38.1 Å². The third-order valence-electron chi connectivity index (χ3n) is 4.45. The SMILES string of the molecule is CCN(CC)CCNC(=NC)NCc1ccc(CN(C)C(=O)OC(C)(C)C)cc1.I. The molecule has 0 bridgehead atoms. The number of hydrogen-bond donors (Lipinski definition) is 2. The molecule has 0 saturated heterocycles. The van der Waals surface area contributed by atoms with Gasteiger partial charge in [-0.15, -0.1) is 24.0 Å². The molecular formula is C22H40IN5O2. The number of carbonyl (C=O) groups excluding carboxylic acids is 1. The summed E-state index contributed by atoms with van der Waals surface area (Å²) >= 11 is 0. The van der Waals surface area contributed by atoms with Crippen LogP contribution in [0.2, 0.25) is 0 Å². The average molecular weight is 533 g/mol. The second-order valence-electron chi connectivity index (χ2n) is 8.03. The number of benzene rings is 1. The predicted octanol–water partition coefficient (Wildman–Crippen LogP) is 3.68. The molecule has 172 valence electrons. The molecule has 30 heavy (non-hydrogen) atoms. The van der Waals surface area contributed by atoms with Gasteiger partial charge in [-0.25, -0.2) is 4.79 Å². The maximum absolute atomic E-state index is 12.1. The molecule has 0 saturated carbocycles. The highest BCUT2D eigenvalue weighted by Gasteiger charge is 2.19. The van der Waals surface area contributed by atoms with Crippen LogP contribution in [-0.2, 0) is 17.8 Å². The van der Waals surface area contributed by atoms with E-state index in [2.05, 4.69) is 46.5 Å². The Morgan fingerprint density at radius 3 is 2.13 bits per heavy atom. The number of rotatable bonds is 9. The van der Waals surface area contributed by atoms with Crippen molar-refractivity contribution in [2.24, 2.45) is 4.99 Å². The minimum absolute atomic E-state index is 0. The Morgan fingerprint density at radius 2 is 1.63 bits per heavy atom. The second-order valence-corrected chi connectivity index (χ2v) is 8.03. The Bertz CT molecular complexity index is 640. The lowest BCUT2D eigenvalue weighted by atomic mass is 10.1. The molecule has 0 aliphatic rings. The topological polar surface area (TPSA) is 69.2 Å². The quantitative estimate of drug-likeness (QED) is 0.288. The normalized spacial score (nSPS) is 11.7. The van der Waals surface area contributed by atoms with Crippen LogP contribution in [-0.4, -0.2) is 67.7 Å². The Balaban J connectivity index is 0.00000841. The standard InChI is InChI=1S/C22H39N5O2.HI/c1-8-27(9-2)15-14-24-20(23-6)25-16-18-10-12-19(13-11-18)17-26(7)21(28)29-22(3,4)5;/h10-13H,8-9,14-17H2,1-7H3,(H2,23,24,25);1H. The molecule has 0 aliphatic carbocycles. The fraction of sp³-hybridized carbons (Fsp3) is 0.636. The maximum atomic E-state index is 12.1. The van der Waals surface area contributed by atoms with E-state index in [-0.39, 0.29) is 30.1 Å². The van der Waals surface area contributed by atoms with Crippen LogP contribution in [0.5, 0.6) is 0 Å². The van der Waals surface area contributed by atoms with Crippen LogP contribution in [0.1, 0.15) is 45.7 Å². The lowest BCUT2D eigenvalue weighted by Crippen LogP contribution is -2.41. The molecule has 0 atom stereocenters. The van der Waals surface area contributed by atoms with Gasteiger partial charge < -0.3 is 25.2 Å². The number of nitrogens with zero attached hydrogens (tertiary/aromatic N) is 3. The number of guanidine groups is 1. The molecule has 1 aromatic rings. The van der Waals surface area contributed by atoms with Gasteiger partial charge in [-0.2, -0.15) is 0 Å². The van der Waals surface area contributed by atoms with Crippen molar-refractivity contribution in [2.45, 2.75) is 53.3 Å². The summed E-state index contributed by atoms with van der Waals surface area (Å²) in [6, 6.07) is 8.20. The summed E-state index contributed by atoms with van der Waals surface area (Å²) in [4.78, 5) is 20.3. The number of hydrogen-bond acceptors (Lipinski definition) is 4. The molecular weight excluding hydrogens is 493 g/mol. The van der Waals surface area contributed by atoms with Crippen molar-refractivity contribution in [3.8, 4) is 0 Å². The zero-order chi connectivity index (χ0) is 21.9. The average Bonchev–Trinajstić information content (AvgIpc) is 2.67. The first kappa shape index (κ1) is 28.5. The van der Waals surface area contributed by atoms with Crippen LogP contribution in [0.15, 0.2) is 29.3 Å². The van der Waals surface area contributed by atoms with E-state index in [1.807, 2.05) is 32.9 Å². The third kappa shape index (κ3) is 11.6. The van der Waals surface area contributed by atoms with E-state index in [0.717, 1.165) is 43.3 Å². The zero-order valence-electron chi connectivity index (χ0n) is 19.6. The summed E-state index contributed by atoms with van der Waals surface area (Å²) in [6.07, 6.45) is -0.317. The van der Waals surface area contributed by atoms with E-state index in [4.69, 9.17) is 4.74 Å². The molecule has 0 radical (unpaired) electrons. The first-order chi connectivity index (χ1) is 13.7. The van der Waals surface area contributed by atoms with Gasteiger partial charge in [0.25, 0.3) is 0 Å². The van der Waals surface area contributed by atoms with Crippen LogP contribution in [0.4, 0.5) is 4.79 Å². The summed E-state index contributed by atoms with van der Waals surface area (Å²) in [5, 5.41) is 6.68. The van der Waals surface area contributed by atoms with Gasteiger partial charge in [-0.3, -0.25) is 4.99 Å². The van der Waals surface area contributed by atoms with Gasteiger partial charge in [0, 0.05) is 40.3 Å². The van der Waals surface area contributed by atoms with E-state index in [9.17, 15) is 4.79 Å². The summed E-state index contributed by atoms with van der Waals surface area (Å²) < 4.78 is 5.39. The van der Waals surface area contributed by atoms with Crippen LogP contribution >= 0.6 is 24.0 Å². The Labute approximate surface area is 199 Å². The molecule has 0 unspecified atom stereocenters. The van der Waals surface area contributed by atoms with Crippen molar-refractivity contribution in [2.75, 3.05) is 40.3 Å². The van der Waals surface area contributed by atoms with Crippen LogP contribution in [0.25, 0.3) is 0 Å². The van der Waals surface area contributed by atoms with Crippen molar-refractivity contribution >= 4 is 36.0 Å². The summed E-state index contributed by atoms with van der Waals surface area (Å²) in [5.41, 5.74) is 1.72. The van der Waals surface area contributed by atoms with Gasteiger partial charge in [0.2, 0.25) is 0 Å². The fourth-order valence-corrected chi connectivity index (χ4v) is 2.72. The highest BCUT2D eigenvalue weighted by molar-refractivity contribution is 14.0. The van der Waals surface area contributed by atoms with E-state index in [0.29, 0.717) is 13.1 Å². The zero-order valence-corrected chi connectivity index (χ0v) is 21.9. The van der Waals surface area contributed by atoms with Crippen LogP contribution in [0.3, 0.4) is 0 Å². The molecule has 1 aromatic carbocycles. The van der Waals surface area contributed by atoms with Crippen LogP contribution < -0.4 is 10.6 Å². The lowest BCUT2D eigenvalue weighted by Gasteiger charge is -2.24. The molecule has 0 fully saturated rings. The number of ether oxygens (including phenoxy) is 1. The molecule has 8 heteroatoms. The molecule has 0 spiro atoms. The highest BCUT2D eigenvalue weighted by Crippen LogP contribution is 2.12. The Kier molecular flexibility index (Phi) is 13.7. The van der Waals surface area contributed by atoms with Crippen molar-refractivity contribution in [1.29, 1.82) is 0 Å². The van der Waals surface area contributed by atoms with E-state index in [1.54, 1.807) is 19.0 Å². The first-order valence-corrected chi connectivity index (χ1v) is 10.4. The molecule has 7 nitrogen and oxygen atoms in total. The van der Waals surface area contributed by atoms with Crippen molar-refractivity contribution in [3.05, 3.63) is 35.4 Å². The molecule has 0 heterocycles. The molecule has 1 rings (SSSR count). The summed E-state index contributed by atoms with van der Waals surface area (Å²) in [6.45, 7) is 15.1. The third-order valence-corrected chi connectivity index (χ3v) is 4.45. The molecule has 2 N–H and O–H groups in total. The lowest BCUT2D eigenvalue weighted by molar-refractivity contribution is 0.0285. The predicted molar refractivity (Wildman–Crippen MR) is 136 cm³/mol. The van der Waals surface area contributed by atoms with Gasteiger partial charge >= 0.3 is 6.09 Å². The number of nitrogens with one attached hydrogen (secondary N) is 2.